The predicted molar refractivity (Wildman–Crippen MR) is 65.2 cm³/mol. The van der Waals surface area contributed by atoms with Crippen LogP contribution in [0.4, 0.5) is 5.69 Å². The summed E-state index contributed by atoms with van der Waals surface area (Å²) >= 11 is 0. The third-order valence-electron chi connectivity index (χ3n) is 2.50. The van der Waals surface area contributed by atoms with Crippen LogP contribution in [0.15, 0.2) is 35.1 Å². The first-order valence-electron chi connectivity index (χ1n) is 5.48. The minimum absolute atomic E-state index is 0.322. The molecule has 0 aliphatic heterocycles. The number of nitrogens with zero attached hydrogens (tertiary/aromatic N) is 2. The van der Waals surface area contributed by atoms with Gasteiger partial charge in [-0.3, -0.25) is 9.59 Å². The van der Waals surface area contributed by atoms with E-state index in [1.807, 2.05) is 0 Å². The van der Waals surface area contributed by atoms with Crippen molar-refractivity contribution < 1.29 is 19.1 Å². The van der Waals surface area contributed by atoms with Gasteiger partial charge in [0.25, 0.3) is 0 Å². The Kier molecular flexibility index (Phi) is 3.56. The highest BCUT2D eigenvalue weighted by Crippen LogP contribution is 2.20. The first kappa shape index (κ1) is 12.7. The molecule has 1 unspecified atom stereocenters. The molecule has 2 aromatic rings. The van der Waals surface area contributed by atoms with Gasteiger partial charge in [0.1, 0.15) is 5.92 Å². The van der Waals surface area contributed by atoms with Crippen LogP contribution in [0.25, 0.3) is 11.5 Å². The predicted octanol–water partition coefficient (Wildman–Crippen LogP) is 1.40. The van der Waals surface area contributed by atoms with E-state index in [2.05, 4.69) is 15.5 Å². The summed E-state index contributed by atoms with van der Waals surface area (Å²) in [5.74, 6) is -2.56. The molecular formula is C12H11N3O4. The molecule has 7 heteroatoms. The number of carboxylic acids is 1. The summed E-state index contributed by atoms with van der Waals surface area (Å²) in [6.07, 6.45) is 1.20. The molecule has 0 saturated heterocycles. The van der Waals surface area contributed by atoms with Gasteiger partial charge in [0, 0.05) is 11.3 Å². The lowest BCUT2D eigenvalue weighted by molar-refractivity contribution is -0.144. The molecule has 0 fully saturated rings. The van der Waals surface area contributed by atoms with Gasteiger partial charge in [-0.25, -0.2) is 0 Å². The lowest BCUT2D eigenvalue weighted by Gasteiger charge is -2.08. The minimum atomic E-state index is -1.18. The number of amides is 1. The van der Waals surface area contributed by atoms with Gasteiger partial charge in [-0.15, -0.1) is 10.2 Å². The van der Waals surface area contributed by atoms with Crippen molar-refractivity contribution in [1.82, 2.24) is 10.2 Å². The van der Waals surface area contributed by atoms with Gasteiger partial charge in [0.2, 0.25) is 18.2 Å². The number of benzene rings is 1. The van der Waals surface area contributed by atoms with Crippen molar-refractivity contribution in [3.05, 3.63) is 30.7 Å². The van der Waals surface area contributed by atoms with E-state index in [9.17, 15) is 9.59 Å². The van der Waals surface area contributed by atoms with Crippen molar-refractivity contribution in [2.45, 2.75) is 6.92 Å². The van der Waals surface area contributed by atoms with Crippen LogP contribution in [0.3, 0.4) is 0 Å². The molecule has 0 aliphatic carbocycles. The number of hydrogen-bond donors (Lipinski definition) is 2. The zero-order chi connectivity index (χ0) is 13.8. The average Bonchev–Trinajstić information content (AvgIpc) is 2.91. The van der Waals surface area contributed by atoms with Crippen LogP contribution < -0.4 is 5.32 Å². The monoisotopic (exact) mass is 261 g/mol. The molecule has 0 bridgehead atoms. The molecule has 7 nitrogen and oxygen atoms in total. The van der Waals surface area contributed by atoms with Crippen LogP contribution in [0.5, 0.6) is 0 Å². The quantitative estimate of drug-likeness (QED) is 0.806. The van der Waals surface area contributed by atoms with Gasteiger partial charge in [-0.1, -0.05) is 6.07 Å². The lowest BCUT2D eigenvalue weighted by atomic mass is 10.1. The molecule has 2 rings (SSSR count). The second kappa shape index (κ2) is 5.30. The highest BCUT2D eigenvalue weighted by Gasteiger charge is 2.20. The van der Waals surface area contributed by atoms with Crippen LogP contribution in [-0.2, 0) is 9.59 Å². The molecule has 2 N–H and O–H groups in total. The molecule has 0 spiro atoms. The topological polar surface area (TPSA) is 105 Å². The fraction of sp³-hybridized carbons (Fsp3) is 0.167. The molecule has 1 aromatic heterocycles. The van der Waals surface area contributed by atoms with E-state index in [4.69, 9.17) is 9.52 Å². The number of carboxylic acid groups (broad SMARTS) is 1. The summed E-state index contributed by atoms with van der Waals surface area (Å²) in [6.45, 7) is 1.32. The number of carbonyl (C=O) groups is 2. The van der Waals surface area contributed by atoms with Crippen molar-refractivity contribution >= 4 is 17.6 Å². The van der Waals surface area contributed by atoms with Crippen molar-refractivity contribution in [2.75, 3.05) is 5.32 Å². The minimum Gasteiger partial charge on any atom is -0.481 e. The van der Waals surface area contributed by atoms with Crippen molar-refractivity contribution in [3.8, 4) is 11.5 Å². The molecule has 19 heavy (non-hydrogen) atoms. The van der Waals surface area contributed by atoms with Gasteiger partial charge < -0.3 is 14.8 Å². The summed E-state index contributed by atoms with van der Waals surface area (Å²) < 4.78 is 5.04. The van der Waals surface area contributed by atoms with Crippen LogP contribution >= 0.6 is 0 Å². The van der Waals surface area contributed by atoms with E-state index >= 15 is 0 Å². The SMILES string of the molecule is CC(C(=O)O)C(=O)Nc1cccc(-c2nnco2)c1. The Balaban J connectivity index is 2.16. The van der Waals surface area contributed by atoms with Gasteiger partial charge in [-0.05, 0) is 25.1 Å². The summed E-state index contributed by atoms with van der Waals surface area (Å²) in [7, 11) is 0. The number of nitrogens with one attached hydrogen (secondary N) is 1. The number of aliphatic carboxylic acids is 1. The van der Waals surface area contributed by atoms with Crippen molar-refractivity contribution in [3.63, 3.8) is 0 Å². The van der Waals surface area contributed by atoms with Gasteiger partial charge in [-0.2, -0.15) is 0 Å². The van der Waals surface area contributed by atoms with E-state index in [0.29, 0.717) is 17.1 Å². The normalized spacial score (nSPS) is 11.8. The van der Waals surface area contributed by atoms with Gasteiger partial charge in [0.05, 0.1) is 0 Å². The second-order valence-corrected chi connectivity index (χ2v) is 3.87. The maximum atomic E-state index is 11.6. The standard InChI is InChI=1S/C12H11N3O4/c1-7(12(17)18)10(16)14-9-4-2-3-8(5-9)11-15-13-6-19-11/h2-7H,1H3,(H,14,16)(H,17,18). The largest absolute Gasteiger partial charge is 0.481 e. The highest BCUT2D eigenvalue weighted by atomic mass is 16.4. The van der Waals surface area contributed by atoms with E-state index in [-0.39, 0.29) is 0 Å². The number of carbonyl (C=O) groups excluding carboxylic acids is 1. The molecular weight excluding hydrogens is 250 g/mol. The third kappa shape index (κ3) is 2.95. The van der Waals surface area contributed by atoms with Crippen LogP contribution in [-0.4, -0.2) is 27.2 Å². The Morgan fingerprint density at radius 1 is 1.42 bits per heavy atom. The molecule has 0 saturated carbocycles. The maximum Gasteiger partial charge on any atom is 0.315 e. The summed E-state index contributed by atoms with van der Waals surface area (Å²) in [4.78, 5) is 22.3. The Hall–Kier alpha value is -2.70. The lowest BCUT2D eigenvalue weighted by Crippen LogP contribution is -2.26. The molecule has 98 valence electrons. The molecule has 1 atom stereocenters. The summed E-state index contributed by atoms with van der Waals surface area (Å²) in [6, 6.07) is 6.71. The number of aromatic nitrogens is 2. The van der Waals surface area contributed by atoms with E-state index < -0.39 is 17.8 Å². The van der Waals surface area contributed by atoms with Crippen LogP contribution in [0.2, 0.25) is 0 Å². The highest BCUT2D eigenvalue weighted by molar-refractivity contribution is 6.04. The Labute approximate surface area is 108 Å². The maximum absolute atomic E-state index is 11.6. The van der Waals surface area contributed by atoms with E-state index in [1.165, 1.54) is 13.3 Å². The first-order valence-corrected chi connectivity index (χ1v) is 5.48. The molecule has 1 aromatic carbocycles. The van der Waals surface area contributed by atoms with E-state index in [1.54, 1.807) is 24.3 Å². The van der Waals surface area contributed by atoms with Gasteiger partial charge >= 0.3 is 5.97 Å². The van der Waals surface area contributed by atoms with Gasteiger partial charge in [0.15, 0.2) is 0 Å². The summed E-state index contributed by atoms with van der Waals surface area (Å²) in [5, 5.41) is 18.6. The zero-order valence-corrected chi connectivity index (χ0v) is 10.0. The fourth-order valence-corrected chi connectivity index (χ4v) is 1.39. The summed E-state index contributed by atoms with van der Waals surface area (Å²) in [5.41, 5.74) is 1.10. The van der Waals surface area contributed by atoms with Crippen molar-refractivity contribution in [1.29, 1.82) is 0 Å². The first-order chi connectivity index (χ1) is 9.08. The zero-order valence-electron chi connectivity index (χ0n) is 10.0. The van der Waals surface area contributed by atoms with Crippen molar-refractivity contribution in [2.24, 2.45) is 5.92 Å². The van der Waals surface area contributed by atoms with E-state index in [0.717, 1.165) is 0 Å². The Bertz CT molecular complexity index is 595. The molecule has 1 heterocycles. The van der Waals surface area contributed by atoms with Crippen LogP contribution in [0, 0.1) is 5.92 Å². The third-order valence-corrected chi connectivity index (χ3v) is 2.50. The fourth-order valence-electron chi connectivity index (χ4n) is 1.39. The van der Waals surface area contributed by atoms with Crippen LogP contribution in [0.1, 0.15) is 6.92 Å². The molecule has 0 aliphatic rings. The molecule has 0 radical (unpaired) electrons. The second-order valence-electron chi connectivity index (χ2n) is 3.87. The molecule has 1 amide bonds. The number of rotatable bonds is 4. The smallest absolute Gasteiger partial charge is 0.315 e. The Morgan fingerprint density at radius 2 is 2.21 bits per heavy atom. The average molecular weight is 261 g/mol. The Morgan fingerprint density at radius 3 is 2.84 bits per heavy atom. The number of anilines is 1. The number of hydrogen-bond acceptors (Lipinski definition) is 5.